The molecule has 0 radical (unpaired) electrons. The molecule has 0 heterocycles. The third-order valence-electron chi connectivity index (χ3n) is 3.14. The summed E-state index contributed by atoms with van der Waals surface area (Å²) in [6.45, 7) is 0.972. The van der Waals surface area contributed by atoms with Crippen LogP contribution in [0.3, 0.4) is 0 Å². The van der Waals surface area contributed by atoms with Crippen LogP contribution in [0.1, 0.15) is 19.3 Å². The molecule has 1 aromatic rings. The first-order chi connectivity index (χ1) is 7.79. The molecule has 16 heavy (non-hydrogen) atoms. The number of rotatable bonds is 4. The predicted molar refractivity (Wildman–Crippen MR) is 62.1 cm³/mol. The minimum absolute atomic E-state index is 0.231. The van der Waals surface area contributed by atoms with Gasteiger partial charge in [-0.2, -0.15) is 0 Å². The van der Waals surface area contributed by atoms with Crippen LogP contribution in [0.15, 0.2) is 24.3 Å². The van der Waals surface area contributed by atoms with Crippen LogP contribution in [0.2, 0.25) is 0 Å². The van der Waals surface area contributed by atoms with Crippen LogP contribution in [0.25, 0.3) is 0 Å². The second-order valence-corrected chi connectivity index (χ2v) is 4.36. The first-order valence-electron chi connectivity index (χ1n) is 5.86. The summed E-state index contributed by atoms with van der Waals surface area (Å²) in [6, 6.07) is 6.39. The fraction of sp³-hybridized carbons (Fsp3) is 0.538. The molecule has 2 rings (SSSR count). The molecular formula is C13H18FNO. The summed E-state index contributed by atoms with van der Waals surface area (Å²) in [6.07, 6.45) is 3.70. The van der Waals surface area contributed by atoms with E-state index in [4.69, 9.17) is 4.74 Å². The summed E-state index contributed by atoms with van der Waals surface area (Å²) in [4.78, 5) is 0. The fourth-order valence-corrected chi connectivity index (χ4v) is 2.37. The average Bonchev–Trinajstić information content (AvgIpc) is 2.66. The van der Waals surface area contributed by atoms with Crippen LogP contribution in [-0.4, -0.2) is 19.7 Å². The van der Waals surface area contributed by atoms with Crippen molar-refractivity contribution in [2.24, 2.45) is 5.92 Å². The molecule has 2 unspecified atom stereocenters. The van der Waals surface area contributed by atoms with Gasteiger partial charge in [0.2, 0.25) is 0 Å². The van der Waals surface area contributed by atoms with Crippen LogP contribution in [0, 0.1) is 11.7 Å². The van der Waals surface area contributed by atoms with E-state index in [1.54, 1.807) is 6.07 Å². The lowest BCUT2D eigenvalue weighted by Crippen LogP contribution is -2.29. The second-order valence-electron chi connectivity index (χ2n) is 4.36. The van der Waals surface area contributed by atoms with E-state index in [1.165, 1.54) is 25.0 Å². The van der Waals surface area contributed by atoms with Crippen LogP contribution in [-0.2, 0) is 0 Å². The molecule has 1 N–H and O–H groups in total. The maximum absolute atomic E-state index is 13.0. The van der Waals surface area contributed by atoms with E-state index in [2.05, 4.69) is 5.32 Å². The molecule has 1 aromatic carbocycles. The predicted octanol–water partition coefficient (Wildman–Crippen LogP) is 2.59. The molecule has 0 aliphatic heterocycles. The molecule has 1 saturated carbocycles. The van der Waals surface area contributed by atoms with Crippen LogP contribution < -0.4 is 10.1 Å². The van der Waals surface area contributed by atoms with Gasteiger partial charge in [-0.15, -0.1) is 0 Å². The Hall–Kier alpha value is -1.09. The fourth-order valence-electron chi connectivity index (χ4n) is 2.37. The van der Waals surface area contributed by atoms with E-state index in [9.17, 15) is 4.39 Å². The first kappa shape index (κ1) is 11.4. The van der Waals surface area contributed by atoms with Crippen molar-refractivity contribution in [1.29, 1.82) is 0 Å². The van der Waals surface area contributed by atoms with Gasteiger partial charge < -0.3 is 10.1 Å². The highest BCUT2D eigenvalue weighted by atomic mass is 19.1. The van der Waals surface area contributed by atoms with Gasteiger partial charge in [-0.3, -0.25) is 0 Å². The molecule has 0 saturated heterocycles. The number of hydrogen-bond acceptors (Lipinski definition) is 2. The molecule has 0 amide bonds. The van der Waals surface area contributed by atoms with Crippen molar-refractivity contribution >= 4 is 0 Å². The standard InChI is InChI=1S/C13H18FNO/c1-15-9-10-4-2-7-13(10)16-12-6-3-5-11(14)8-12/h3,5-6,8,10,13,15H,2,4,7,9H2,1H3. The van der Waals surface area contributed by atoms with Gasteiger partial charge in [0.1, 0.15) is 17.7 Å². The molecule has 1 fully saturated rings. The molecule has 2 nitrogen and oxygen atoms in total. The largest absolute Gasteiger partial charge is 0.490 e. The minimum Gasteiger partial charge on any atom is -0.490 e. The summed E-state index contributed by atoms with van der Waals surface area (Å²) < 4.78 is 18.8. The molecule has 0 aromatic heterocycles. The Kier molecular flexibility index (Phi) is 3.78. The van der Waals surface area contributed by atoms with Gasteiger partial charge in [-0.05, 0) is 38.4 Å². The highest BCUT2D eigenvalue weighted by Crippen LogP contribution is 2.29. The lowest BCUT2D eigenvalue weighted by atomic mass is 10.1. The Morgan fingerprint density at radius 3 is 3.06 bits per heavy atom. The molecule has 0 bridgehead atoms. The Morgan fingerprint density at radius 2 is 2.31 bits per heavy atom. The van der Waals surface area contributed by atoms with Crippen molar-refractivity contribution in [1.82, 2.24) is 5.32 Å². The smallest absolute Gasteiger partial charge is 0.126 e. The first-order valence-corrected chi connectivity index (χ1v) is 5.86. The Labute approximate surface area is 95.8 Å². The van der Waals surface area contributed by atoms with Gasteiger partial charge in [0, 0.05) is 18.5 Å². The average molecular weight is 223 g/mol. The van der Waals surface area contributed by atoms with E-state index in [0.717, 1.165) is 13.0 Å². The number of hydrogen-bond donors (Lipinski definition) is 1. The maximum atomic E-state index is 13.0. The summed E-state index contributed by atoms with van der Waals surface area (Å²) in [5.74, 6) is 0.960. The van der Waals surface area contributed by atoms with E-state index >= 15 is 0 Å². The van der Waals surface area contributed by atoms with E-state index < -0.39 is 0 Å². The summed E-state index contributed by atoms with van der Waals surface area (Å²) in [5.41, 5.74) is 0. The number of benzene rings is 1. The van der Waals surface area contributed by atoms with Crippen molar-refractivity contribution in [3.8, 4) is 5.75 Å². The van der Waals surface area contributed by atoms with E-state index in [0.29, 0.717) is 11.7 Å². The van der Waals surface area contributed by atoms with Gasteiger partial charge in [-0.1, -0.05) is 6.07 Å². The van der Waals surface area contributed by atoms with Crippen LogP contribution >= 0.6 is 0 Å². The Balaban J connectivity index is 1.98. The molecule has 2 atom stereocenters. The van der Waals surface area contributed by atoms with Gasteiger partial charge in [0.15, 0.2) is 0 Å². The topological polar surface area (TPSA) is 21.3 Å². The summed E-state index contributed by atoms with van der Waals surface area (Å²) >= 11 is 0. The highest BCUT2D eigenvalue weighted by molar-refractivity contribution is 5.22. The molecular weight excluding hydrogens is 205 g/mol. The number of nitrogens with one attached hydrogen (secondary N) is 1. The van der Waals surface area contributed by atoms with Gasteiger partial charge in [0.05, 0.1) is 0 Å². The van der Waals surface area contributed by atoms with Gasteiger partial charge in [0.25, 0.3) is 0 Å². The van der Waals surface area contributed by atoms with Crippen molar-refractivity contribution < 1.29 is 9.13 Å². The minimum atomic E-state index is -0.235. The zero-order valence-corrected chi connectivity index (χ0v) is 9.58. The molecule has 1 aliphatic rings. The van der Waals surface area contributed by atoms with Gasteiger partial charge in [-0.25, -0.2) is 4.39 Å². The van der Waals surface area contributed by atoms with Crippen molar-refractivity contribution in [3.05, 3.63) is 30.1 Å². The highest BCUT2D eigenvalue weighted by Gasteiger charge is 2.28. The van der Waals surface area contributed by atoms with Crippen molar-refractivity contribution in [3.63, 3.8) is 0 Å². The number of halogens is 1. The monoisotopic (exact) mass is 223 g/mol. The van der Waals surface area contributed by atoms with E-state index in [1.807, 2.05) is 13.1 Å². The lowest BCUT2D eigenvalue weighted by molar-refractivity contribution is 0.158. The summed E-state index contributed by atoms with van der Waals surface area (Å²) in [7, 11) is 1.96. The molecule has 0 spiro atoms. The van der Waals surface area contributed by atoms with Crippen LogP contribution in [0.5, 0.6) is 5.75 Å². The second kappa shape index (κ2) is 5.30. The van der Waals surface area contributed by atoms with Gasteiger partial charge >= 0.3 is 0 Å². The number of ether oxygens (including phenoxy) is 1. The molecule has 1 aliphatic carbocycles. The third kappa shape index (κ3) is 2.73. The SMILES string of the molecule is CNCC1CCCC1Oc1cccc(F)c1. The lowest BCUT2D eigenvalue weighted by Gasteiger charge is -2.21. The maximum Gasteiger partial charge on any atom is 0.126 e. The quantitative estimate of drug-likeness (QED) is 0.847. The zero-order chi connectivity index (χ0) is 11.4. The van der Waals surface area contributed by atoms with Crippen molar-refractivity contribution in [2.75, 3.05) is 13.6 Å². The Morgan fingerprint density at radius 1 is 1.44 bits per heavy atom. The molecule has 88 valence electrons. The summed E-state index contributed by atoms with van der Waals surface area (Å²) in [5, 5.41) is 3.18. The Bertz CT molecular complexity index is 342. The molecule has 3 heteroatoms. The van der Waals surface area contributed by atoms with Crippen LogP contribution in [0.4, 0.5) is 4.39 Å². The van der Waals surface area contributed by atoms with Crippen molar-refractivity contribution in [2.45, 2.75) is 25.4 Å². The zero-order valence-electron chi connectivity index (χ0n) is 9.58. The third-order valence-corrected chi connectivity index (χ3v) is 3.14. The normalized spacial score (nSPS) is 24.6. The van der Waals surface area contributed by atoms with E-state index in [-0.39, 0.29) is 11.9 Å².